The SMILES string of the molecule is C=CC(O)(Cc1ccc(CCC)cc1)[C@@H](O)[C@@](O)(Cc1ccc(CCC)cc1)[C@H](O)[C@@H](O)CO. The van der Waals surface area contributed by atoms with Crippen molar-refractivity contribution in [3.63, 3.8) is 0 Å². The molecule has 188 valence electrons. The predicted molar refractivity (Wildman–Crippen MR) is 133 cm³/mol. The number of aliphatic hydroxyl groups excluding tert-OH is 4. The van der Waals surface area contributed by atoms with E-state index in [9.17, 15) is 30.6 Å². The van der Waals surface area contributed by atoms with Crippen molar-refractivity contribution in [3.8, 4) is 0 Å². The van der Waals surface area contributed by atoms with Gasteiger partial charge in [-0.1, -0.05) is 81.3 Å². The molecule has 0 spiro atoms. The average Bonchev–Trinajstić information content (AvgIpc) is 2.85. The molecule has 1 unspecified atom stereocenters. The van der Waals surface area contributed by atoms with E-state index in [1.54, 1.807) is 12.1 Å². The van der Waals surface area contributed by atoms with E-state index in [4.69, 9.17) is 0 Å². The van der Waals surface area contributed by atoms with Gasteiger partial charge in [0.05, 0.1) is 6.61 Å². The Kier molecular flexibility index (Phi) is 10.4. The molecule has 0 bridgehead atoms. The van der Waals surface area contributed by atoms with Crippen LogP contribution in [0.15, 0.2) is 61.2 Å². The fourth-order valence-electron chi connectivity index (χ4n) is 4.39. The van der Waals surface area contributed by atoms with Crippen LogP contribution in [-0.4, -0.2) is 66.8 Å². The summed E-state index contributed by atoms with van der Waals surface area (Å²) in [6, 6.07) is 14.9. The largest absolute Gasteiger partial charge is 0.394 e. The molecule has 0 saturated heterocycles. The third-order valence-corrected chi connectivity index (χ3v) is 6.46. The molecule has 6 N–H and O–H groups in total. The second kappa shape index (κ2) is 12.6. The smallest absolute Gasteiger partial charge is 0.126 e. The average molecular weight is 473 g/mol. The van der Waals surface area contributed by atoms with Gasteiger partial charge in [0, 0.05) is 12.8 Å². The summed E-state index contributed by atoms with van der Waals surface area (Å²) < 4.78 is 0. The zero-order valence-corrected chi connectivity index (χ0v) is 20.3. The predicted octanol–water partition coefficient (Wildman–Crippen LogP) is 2.10. The molecule has 0 aliphatic rings. The van der Waals surface area contributed by atoms with Gasteiger partial charge in [-0.3, -0.25) is 0 Å². The fourth-order valence-corrected chi connectivity index (χ4v) is 4.39. The first-order chi connectivity index (χ1) is 16.1. The molecule has 6 heteroatoms. The van der Waals surface area contributed by atoms with Crippen molar-refractivity contribution < 1.29 is 30.6 Å². The second-order valence-corrected chi connectivity index (χ2v) is 9.27. The summed E-state index contributed by atoms with van der Waals surface area (Å²) in [5, 5.41) is 64.5. The van der Waals surface area contributed by atoms with Gasteiger partial charge in [-0.15, -0.1) is 6.58 Å². The molecule has 2 aromatic rings. The Morgan fingerprint density at radius 1 is 0.765 bits per heavy atom. The van der Waals surface area contributed by atoms with E-state index in [0.717, 1.165) is 42.9 Å². The van der Waals surface area contributed by atoms with Crippen LogP contribution in [0.2, 0.25) is 0 Å². The minimum atomic E-state index is -2.38. The van der Waals surface area contributed by atoms with E-state index in [0.29, 0.717) is 11.1 Å². The Morgan fingerprint density at radius 2 is 1.18 bits per heavy atom. The highest BCUT2D eigenvalue weighted by atomic mass is 16.4. The van der Waals surface area contributed by atoms with Crippen LogP contribution in [0.5, 0.6) is 0 Å². The highest BCUT2D eigenvalue weighted by molar-refractivity contribution is 5.29. The summed E-state index contributed by atoms with van der Waals surface area (Å²) >= 11 is 0. The molecule has 6 nitrogen and oxygen atoms in total. The van der Waals surface area contributed by atoms with Gasteiger partial charge in [-0.25, -0.2) is 0 Å². The van der Waals surface area contributed by atoms with Crippen LogP contribution in [0.25, 0.3) is 0 Å². The molecule has 0 saturated carbocycles. The van der Waals surface area contributed by atoms with Crippen molar-refractivity contribution in [2.45, 2.75) is 81.9 Å². The van der Waals surface area contributed by atoms with E-state index < -0.39 is 36.1 Å². The van der Waals surface area contributed by atoms with Gasteiger partial charge < -0.3 is 30.6 Å². The van der Waals surface area contributed by atoms with Gasteiger partial charge in [0.1, 0.15) is 29.5 Å². The fraction of sp³-hybridized carbons (Fsp3) is 0.500. The molecule has 2 rings (SSSR count). The molecule has 2 aromatic carbocycles. The van der Waals surface area contributed by atoms with Crippen LogP contribution >= 0.6 is 0 Å². The number of aliphatic hydroxyl groups is 6. The summed E-state index contributed by atoms with van der Waals surface area (Å²) in [6.07, 6.45) is -0.939. The molecule has 0 heterocycles. The molecular formula is C28H40O6. The third kappa shape index (κ3) is 6.75. The lowest BCUT2D eigenvalue weighted by atomic mass is 9.73. The molecule has 0 aliphatic carbocycles. The monoisotopic (exact) mass is 472 g/mol. The first-order valence-corrected chi connectivity index (χ1v) is 12.0. The zero-order valence-electron chi connectivity index (χ0n) is 20.3. The van der Waals surface area contributed by atoms with E-state index in [2.05, 4.69) is 20.4 Å². The Labute approximate surface area is 202 Å². The minimum Gasteiger partial charge on any atom is -0.394 e. The van der Waals surface area contributed by atoms with Crippen LogP contribution in [0.1, 0.15) is 48.9 Å². The molecule has 5 atom stereocenters. The summed E-state index contributed by atoms with van der Waals surface area (Å²) in [7, 11) is 0. The highest BCUT2D eigenvalue weighted by Gasteiger charge is 2.53. The number of hydrogen-bond donors (Lipinski definition) is 6. The molecule has 0 fully saturated rings. The summed E-state index contributed by atoms with van der Waals surface area (Å²) in [6.45, 7) is 7.00. The maximum absolute atomic E-state index is 11.6. The van der Waals surface area contributed by atoms with Gasteiger partial charge in [0.2, 0.25) is 0 Å². The Morgan fingerprint density at radius 3 is 1.56 bits per heavy atom. The number of benzene rings is 2. The summed E-state index contributed by atoms with van der Waals surface area (Å²) in [4.78, 5) is 0. The Bertz CT molecular complexity index is 881. The van der Waals surface area contributed by atoms with Crippen LogP contribution in [0.3, 0.4) is 0 Å². The van der Waals surface area contributed by atoms with Crippen molar-refractivity contribution in [2.24, 2.45) is 0 Å². The number of hydrogen-bond acceptors (Lipinski definition) is 6. The van der Waals surface area contributed by atoms with Gasteiger partial charge in [-0.2, -0.15) is 0 Å². The van der Waals surface area contributed by atoms with Crippen molar-refractivity contribution in [1.29, 1.82) is 0 Å². The number of aryl methyl sites for hydroxylation is 2. The zero-order chi connectivity index (χ0) is 25.4. The number of rotatable bonds is 14. The lowest BCUT2D eigenvalue weighted by Gasteiger charge is -2.45. The maximum atomic E-state index is 11.6. The molecule has 0 aromatic heterocycles. The van der Waals surface area contributed by atoms with Crippen molar-refractivity contribution >= 4 is 0 Å². The quantitative estimate of drug-likeness (QED) is 0.234. The third-order valence-electron chi connectivity index (χ3n) is 6.46. The topological polar surface area (TPSA) is 121 Å². The van der Waals surface area contributed by atoms with E-state index in [1.807, 2.05) is 36.4 Å². The first-order valence-electron chi connectivity index (χ1n) is 12.0. The lowest BCUT2D eigenvalue weighted by Crippen LogP contribution is -2.66. The summed E-state index contributed by atoms with van der Waals surface area (Å²) in [5.41, 5.74) is -0.816. The van der Waals surface area contributed by atoms with Gasteiger partial charge in [0.15, 0.2) is 0 Å². The first kappa shape index (κ1) is 28.2. The van der Waals surface area contributed by atoms with Crippen LogP contribution < -0.4 is 0 Å². The van der Waals surface area contributed by atoms with E-state index in [1.165, 1.54) is 0 Å². The van der Waals surface area contributed by atoms with E-state index in [-0.39, 0.29) is 12.8 Å². The molecule has 0 aliphatic heterocycles. The van der Waals surface area contributed by atoms with Crippen LogP contribution in [0, 0.1) is 0 Å². The molecule has 34 heavy (non-hydrogen) atoms. The second-order valence-electron chi connectivity index (χ2n) is 9.27. The van der Waals surface area contributed by atoms with Crippen LogP contribution in [-0.2, 0) is 25.7 Å². The molecular weight excluding hydrogens is 432 g/mol. The molecule has 0 radical (unpaired) electrons. The van der Waals surface area contributed by atoms with Gasteiger partial charge in [-0.05, 0) is 35.1 Å². The lowest BCUT2D eigenvalue weighted by molar-refractivity contribution is -0.218. The normalized spacial score (nSPS) is 17.9. The molecule has 0 amide bonds. The van der Waals surface area contributed by atoms with E-state index >= 15 is 0 Å². The standard InChI is InChI=1S/C28H40O6/c1-4-7-20-9-13-22(14-10-20)17-27(33,6-3)26(32)28(34,25(31)24(30)19-29)18-23-15-11-21(8-5-2)12-16-23/h6,9-16,24-26,29-34H,3-5,7-8,17-19H2,1-2H3/t24-,25+,26+,27?,28+/m0/s1. The van der Waals surface area contributed by atoms with Crippen LogP contribution in [0.4, 0.5) is 0 Å². The Balaban J connectivity index is 2.38. The Hall–Kier alpha value is -2.06. The van der Waals surface area contributed by atoms with Gasteiger partial charge in [0.25, 0.3) is 0 Å². The minimum absolute atomic E-state index is 0.0657. The van der Waals surface area contributed by atoms with Crippen molar-refractivity contribution in [3.05, 3.63) is 83.4 Å². The van der Waals surface area contributed by atoms with Crippen molar-refractivity contribution in [1.82, 2.24) is 0 Å². The highest BCUT2D eigenvalue weighted by Crippen LogP contribution is 2.33. The van der Waals surface area contributed by atoms with Gasteiger partial charge >= 0.3 is 0 Å². The summed E-state index contributed by atoms with van der Waals surface area (Å²) in [5.74, 6) is 0. The van der Waals surface area contributed by atoms with Crippen molar-refractivity contribution in [2.75, 3.05) is 6.61 Å². The maximum Gasteiger partial charge on any atom is 0.126 e.